The van der Waals surface area contributed by atoms with Gasteiger partial charge in [0.25, 0.3) is 0 Å². The summed E-state index contributed by atoms with van der Waals surface area (Å²) in [7, 11) is -1.13. The highest BCUT2D eigenvalue weighted by atomic mass is 28.3. The lowest BCUT2D eigenvalue weighted by Crippen LogP contribution is -2.16. The molecular weight excluding hydrogens is 198 g/mol. The zero-order chi connectivity index (χ0) is 11.7. The molecule has 0 fully saturated rings. The van der Waals surface area contributed by atoms with Crippen LogP contribution in [-0.4, -0.2) is 20.3 Å². The van der Waals surface area contributed by atoms with Gasteiger partial charge in [0.2, 0.25) is 0 Å². The van der Waals surface area contributed by atoms with Gasteiger partial charge in [-0.05, 0) is 39.3 Å². The molecule has 0 aliphatic heterocycles. The van der Waals surface area contributed by atoms with Gasteiger partial charge < -0.3 is 0 Å². The van der Waals surface area contributed by atoms with Crippen molar-refractivity contribution in [3.8, 4) is 11.5 Å². The van der Waals surface area contributed by atoms with E-state index >= 15 is 0 Å². The van der Waals surface area contributed by atoms with E-state index in [-0.39, 0.29) is 0 Å². The van der Waals surface area contributed by atoms with Crippen LogP contribution < -0.4 is 0 Å². The van der Waals surface area contributed by atoms with Crippen LogP contribution >= 0.6 is 0 Å². The van der Waals surface area contributed by atoms with Crippen LogP contribution in [0.2, 0.25) is 19.6 Å². The van der Waals surface area contributed by atoms with E-state index in [2.05, 4.69) is 56.2 Å². The third-order valence-corrected chi connectivity index (χ3v) is 2.68. The second-order valence-corrected chi connectivity index (χ2v) is 9.97. The molecular formula is C13H25NSi. The third kappa shape index (κ3) is 13.4. The van der Waals surface area contributed by atoms with Gasteiger partial charge in [-0.1, -0.05) is 19.6 Å². The first-order valence-electron chi connectivity index (χ1n) is 5.93. The Balaban J connectivity index is 3.43. The second-order valence-electron chi connectivity index (χ2n) is 5.22. The van der Waals surface area contributed by atoms with Gasteiger partial charge in [-0.2, -0.15) is 0 Å². The lowest BCUT2D eigenvalue weighted by atomic mass is 10.2. The Morgan fingerprint density at radius 3 is 2.40 bits per heavy atom. The zero-order valence-electron chi connectivity index (χ0n) is 10.9. The molecule has 0 radical (unpaired) electrons. The first-order valence-corrected chi connectivity index (χ1v) is 9.43. The first-order chi connectivity index (χ1) is 6.92. The van der Waals surface area contributed by atoms with Crippen LogP contribution in [0.4, 0.5) is 0 Å². The van der Waals surface area contributed by atoms with Crippen molar-refractivity contribution < 1.29 is 0 Å². The molecule has 0 N–H and O–H groups in total. The van der Waals surface area contributed by atoms with Crippen molar-refractivity contribution >= 4 is 14.3 Å². The fourth-order valence-electron chi connectivity index (χ4n) is 1.06. The second kappa shape index (κ2) is 7.70. The van der Waals surface area contributed by atoms with Crippen molar-refractivity contribution in [1.82, 2.24) is 0 Å². The van der Waals surface area contributed by atoms with Crippen molar-refractivity contribution in [3.05, 3.63) is 0 Å². The van der Waals surface area contributed by atoms with E-state index in [1.165, 1.54) is 12.8 Å². The largest absolute Gasteiger partial charge is 0.295 e. The Morgan fingerprint density at radius 1 is 1.20 bits per heavy atom. The highest BCUT2D eigenvalue weighted by Crippen LogP contribution is 2.00. The summed E-state index contributed by atoms with van der Waals surface area (Å²) in [4.78, 5) is 4.33. The van der Waals surface area contributed by atoms with E-state index in [9.17, 15) is 0 Å². The van der Waals surface area contributed by atoms with Crippen molar-refractivity contribution in [3.63, 3.8) is 0 Å². The maximum Gasteiger partial charge on any atom is 0.129 e. The standard InChI is InChI=1S/C13H25NSi/c1-13(2)14-11-9-7-6-8-10-12-15(3,4)5/h11,13H,6-9H2,1-5H3. The molecule has 0 bridgehead atoms. The summed E-state index contributed by atoms with van der Waals surface area (Å²) in [6.07, 6.45) is 6.64. The zero-order valence-corrected chi connectivity index (χ0v) is 11.9. The number of rotatable bonds is 5. The van der Waals surface area contributed by atoms with Gasteiger partial charge in [0.1, 0.15) is 8.07 Å². The molecule has 0 aliphatic carbocycles. The molecule has 0 aromatic heterocycles. The lowest BCUT2D eigenvalue weighted by molar-refractivity contribution is 0.781. The highest BCUT2D eigenvalue weighted by molar-refractivity contribution is 6.83. The third-order valence-electron chi connectivity index (χ3n) is 1.75. The number of nitrogens with zero attached hydrogens (tertiary/aromatic N) is 1. The van der Waals surface area contributed by atoms with E-state index in [0.717, 1.165) is 12.8 Å². The summed E-state index contributed by atoms with van der Waals surface area (Å²) in [5, 5.41) is 0. The molecule has 2 heteroatoms. The van der Waals surface area contributed by atoms with Crippen LogP contribution in [0.25, 0.3) is 0 Å². The summed E-state index contributed by atoms with van der Waals surface area (Å²) >= 11 is 0. The first kappa shape index (κ1) is 14.4. The van der Waals surface area contributed by atoms with Gasteiger partial charge >= 0.3 is 0 Å². The molecule has 1 nitrogen and oxygen atoms in total. The number of aliphatic imine (C=N–C) groups is 1. The molecule has 15 heavy (non-hydrogen) atoms. The van der Waals surface area contributed by atoms with Gasteiger partial charge in [-0.3, -0.25) is 4.99 Å². The van der Waals surface area contributed by atoms with Crippen LogP contribution in [0, 0.1) is 11.5 Å². The van der Waals surface area contributed by atoms with Gasteiger partial charge in [-0.25, -0.2) is 0 Å². The summed E-state index contributed by atoms with van der Waals surface area (Å²) in [5.41, 5.74) is 3.39. The molecule has 0 atom stereocenters. The summed E-state index contributed by atoms with van der Waals surface area (Å²) in [6.45, 7) is 11.1. The molecule has 0 aromatic rings. The molecule has 0 spiro atoms. The van der Waals surface area contributed by atoms with Crippen LogP contribution in [0.5, 0.6) is 0 Å². The fourth-order valence-corrected chi connectivity index (χ4v) is 1.72. The fraction of sp³-hybridized carbons (Fsp3) is 0.769. The lowest BCUT2D eigenvalue weighted by Gasteiger charge is -2.03. The minimum atomic E-state index is -1.13. The monoisotopic (exact) mass is 223 g/mol. The van der Waals surface area contributed by atoms with Crippen LogP contribution in [0.15, 0.2) is 4.99 Å². The predicted octanol–water partition coefficient (Wildman–Crippen LogP) is 3.91. The number of unbranched alkanes of at least 4 members (excludes halogenated alkanes) is 3. The number of hydrogen-bond acceptors (Lipinski definition) is 1. The van der Waals surface area contributed by atoms with E-state index < -0.39 is 8.07 Å². The topological polar surface area (TPSA) is 12.4 Å². The van der Waals surface area contributed by atoms with Gasteiger partial charge in [-0.15, -0.1) is 11.5 Å². The average molecular weight is 223 g/mol. The van der Waals surface area contributed by atoms with Crippen LogP contribution in [0.1, 0.15) is 39.5 Å². The van der Waals surface area contributed by atoms with Gasteiger partial charge in [0.15, 0.2) is 0 Å². The Bertz CT molecular complexity index is 237. The van der Waals surface area contributed by atoms with E-state index in [1.807, 2.05) is 0 Å². The molecule has 0 aliphatic rings. The molecule has 0 rings (SSSR count). The maximum absolute atomic E-state index is 4.33. The van der Waals surface area contributed by atoms with Crippen LogP contribution in [-0.2, 0) is 0 Å². The van der Waals surface area contributed by atoms with Crippen molar-refractivity contribution in [2.24, 2.45) is 4.99 Å². The molecule has 0 amide bonds. The normalized spacial score (nSPS) is 11.9. The highest BCUT2D eigenvalue weighted by Gasteiger charge is 2.06. The number of hydrogen-bond donors (Lipinski definition) is 0. The minimum Gasteiger partial charge on any atom is -0.295 e. The SMILES string of the molecule is CC(C)N=CCCCCC#C[Si](C)(C)C. The van der Waals surface area contributed by atoms with Crippen molar-refractivity contribution in [1.29, 1.82) is 0 Å². The summed E-state index contributed by atoms with van der Waals surface area (Å²) in [6, 6.07) is 0.441. The minimum absolute atomic E-state index is 0.441. The van der Waals surface area contributed by atoms with Crippen molar-refractivity contribution in [2.75, 3.05) is 0 Å². The van der Waals surface area contributed by atoms with E-state index in [4.69, 9.17) is 0 Å². The Morgan fingerprint density at radius 2 is 1.87 bits per heavy atom. The summed E-state index contributed by atoms with van der Waals surface area (Å²) < 4.78 is 0. The Hall–Kier alpha value is -0.553. The Labute approximate surface area is 96.4 Å². The van der Waals surface area contributed by atoms with Crippen molar-refractivity contribution in [2.45, 2.75) is 65.2 Å². The van der Waals surface area contributed by atoms with E-state index in [0.29, 0.717) is 6.04 Å². The molecule has 0 heterocycles. The smallest absolute Gasteiger partial charge is 0.129 e. The quantitative estimate of drug-likeness (QED) is 0.290. The molecule has 0 saturated carbocycles. The maximum atomic E-state index is 4.33. The van der Waals surface area contributed by atoms with E-state index in [1.54, 1.807) is 0 Å². The van der Waals surface area contributed by atoms with Gasteiger partial charge in [0.05, 0.1) is 0 Å². The molecule has 0 saturated heterocycles. The van der Waals surface area contributed by atoms with Gasteiger partial charge in [0, 0.05) is 12.5 Å². The summed E-state index contributed by atoms with van der Waals surface area (Å²) in [5.74, 6) is 3.29. The average Bonchev–Trinajstić information content (AvgIpc) is 2.07. The Kier molecular flexibility index (Phi) is 7.42. The molecule has 0 unspecified atom stereocenters. The molecule has 0 aromatic carbocycles. The molecule has 86 valence electrons. The predicted molar refractivity (Wildman–Crippen MR) is 73.2 cm³/mol. The van der Waals surface area contributed by atoms with Crippen LogP contribution in [0.3, 0.4) is 0 Å².